The molecule has 26 heavy (non-hydrogen) atoms. The maximum absolute atomic E-state index is 12.1. The maximum Gasteiger partial charge on any atom is 0.321 e. The highest BCUT2D eigenvalue weighted by Crippen LogP contribution is 2.26. The zero-order chi connectivity index (χ0) is 18.4. The van der Waals surface area contributed by atoms with Crippen molar-refractivity contribution in [1.82, 2.24) is 10.6 Å². The average Bonchev–Trinajstić information content (AvgIpc) is 3.06. The third-order valence-corrected chi connectivity index (χ3v) is 5.02. The van der Waals surface area contributed by atoms with E-state index in [0.29, 0.717) is 44.0 Å². The highest BCUT2D eigenvalue weighted by atomic mass is 16.5. The Morgan fingerprint density at radius 2 is 2.19 bits per heavy atom. The molecule has 0 unspecified atom stereocenters. The number of hydrogen-bond donors (Lipinski definition) is 3. The first-order valence-electron chi connectivity index (χ1n) is 9.45. The summed E-state index contributed by atoms with van der Waals surface area (Å²) < 4.78 is 5.90. The minimum atomic E-state index is -0.270. The molecule has 2 aliphatic rings. The summed E-state index contributed by atoms with van der Waals surface area (Å²) in [7, 11) is 0. The molecule has 0 bridgehead atoms. The Balaban J connectivity index is 1.41. The number of rotatable bonds is 6. The largest absolute Gasteiger partial charge is 0.376 e. The molecule has 7 heteroatoms. The number of hydrogen-bond acceptors (Lipinski definition) is 3. The lowest BCUT2D eigenvalue weighted by atomic mass is 9.88. The fraction of sp³-hybridized carbons (Fsp3) is 0.579. The van der Waals surface area contributed by atoms with Gasteiger partial charge in [-0.25, -0.2) is 9.59 Å². The van der Waals surface area contributed by atoms with E-state index in [1.165, 1.54) is 19.3 Å². The first-order chi connectivity index (χ1) is 12.6. The molecule has 0 aromatic heterocycles. The summed E-state index contributed by atoms with van der Waals surface area (Å²) in [4.78, 5) is 25.4. The Bertz CT molecular complexity index is 637. The van der Waals surface area contributed by atoms with Gasteiger partial charge in [-0.05, 0) is 37.0 Å². The maximum atomic E-state index is 12.1. The quantitative estimate of drug-likeness (QED) is 0.682. The van der Waals surface area contributed by atoms with Crippen molar-refractivity contribution in [1.29, 1.82) is 0 Å². The smallest absolute Gasteiger partial charge is 0.321 e. The number of amides is 4. The van der Waals surface area contributed by atoms with Crippen LogP contribution < -0.4 is 20.9 Å². The van der Waals surface area contributed by atoms with E-state index in [2.05, 4.69) is 22.9 Å². The molecule has 4 amide bonds. The lowest BCUT2D eigenvalue weighted by Gasteiger charge is -2.28. The van der Waals surface area contributed by atoms with E-state index in [1.54, 1.807) is 17.0 Å². The van der Waals surface area contributed by atoms with E-state index in [4.69, 9.17) is 4.74 Å². The molecular weight excluding hydrogens is 332 g/mol. The molecule has 0 spiro atoms. The number of urea groups is 2. The van der Waals surface area contributed by atoms with Gasteiger partial charge in [0.25, 0.3) is 0 Å². The van der Waals surface area contributed by atoms with Crippen molar-refractivity contribution in [3.8, 4) is 0 Å². The van der Waals surface area contributed by atoms with Gasteiger partial charge in [-0.2, -0.15) is 0 Å². The number of carbonyl (C=O) groups is 2. The van der Waals surface area contributed by atoms with E-state index in [0.717, 1.165) is 12.1 Å². The van der Waals surface area contributed by atoms with E-state index in [9.17, 15) is 9.59 Å². The molecular formula is C19H28N4O3. The molecule has 7 nitrogen and oxygen atoms in total. The van der Waals surface area contributed by atoms with Gasteiger partial charge in [0.1, 0.15) is 0 Å². The normalized spacial score (nSPS) is 22.8. The zero-order valence-electron chi connectivity index (χ0n) is 15.3. The molecule has 1 aliphatic carbocycles. The van der Waals surface area contributed by atoms with Crippen molar-refractivity contribution in [2.45, 2.75) is 38.7 Å². The third-order valence-electron chi connectivity index (χ3n) is 5.02. The first-order valence-corrected chi connectivity index (χ1v) is 9.45. The summed E-state index contributed by atoms with van der Waals surface area (Å²) in [6, 6.07) is 6.90. The Morgan fingerprint density at radius 3 is 2.96 bits per heavy atom. The van der Waals surface area contributed by atoms with Crippen molar-refractivity contribution in [2.75, 3.05) is 36.5 Å². The van der Waals surface area contributed by atoms with Gasteiger partial charge in [-0.3, -0.25) is 4.90 Å². The summed E-state index contributed by atoms with van der Waals surface area (Å²) in [5, 5.41) is 8.39. The minimum Gasteiger partial charge on any atom is -0.376 e. The van der Waals surface area contributed by atoms with E-state index in [-0.39, 0.29) is 12.1 Å². The van der Waals surface area contributed by atoms with Gasteiger partial charge in [0.15, 0.2) is 0 Å². The van der Waals surface area contributed by atoms with Crippen LogP contribution >= 0.6 is 0 Å². The molecule has 1 heterocycles. The van der Waals surface area contributed by atoms with Gasteiger partial charge in [0.2, 0.25) is 0 Å². The summed E-state index contributed by atoms with van der Waals surface area (Å²) in [6.45, 7) is 4.50. The van der Waals surface area contributed by atoms with Crippen LogP contribution in [0.5, 0.6) is 0 Å². The van der Waals surface area contributed by atoms with Crippen LogP contribution in [0, 0.1) is 5.92 Å². The summed E-state index contributed by atoms with van der Waals surface area (Å²) in [5.74, 6) is 0.600. The monoisotopic (exact) mass is 360 g/mol. The van der Waals surface area contributed by atoms with Crippen molar-refractivity contribution >= 4 is 23.4 Å². The van der Waals surface area contributed by atoms with Crippen molar-refractivity contribution < 1.29 is 14.3 Å². The standard InChI is InChI=1S/C19H28N4O3/c1-14-5-2-3-8-17(14)26-12-10-20-18(24)22-15-6-4-7-16(13-15)23-11-9-21-19(23)25/h4,6-7,13-14,17H,2-3,5,8-12H2,1H3,(H,21,25)(H2,20,22,24)/t14-,17+/m1/s1. The zero-order valence-corrected chi connectivity index (χ0v) is 15.3. The Kier molecular flexibility index (Phi) is 6.33. The molecule has 3 rings (SSSR count). The fourth-order valence-corrected chi connectivity index (χ4v) is 3.55. The number of ether oxygens (including phenoxy) is 1. The second kappa shape index (κ2) is 8.89. The SMILES string of the molecule is C[C@@H]1CCCC[C@@H]1OCCNC(=O)Nc1cccc(N2CCNC2=O)c1. The predicted octanol–water partition coefficient (Wildman–Crippen LogP) is 2.93. The van der Waals surface area contributed by atoms with E-state index in [1.807, 2.05) is 12.1 Å². The molecule has 2 fully saturated rings. The average molecular weight is 360 g/mol. The first kappa shape index (κ1) is 18.5. The Labute approximate surface area is 154 Å². The van der Waals surface area contributed by atoms with Crippen LogP contribution in [0.4, 0.5) is 21.0 Å². The predicted molar refractivity (Wildman–Crippen MR) is 102 cm³/mol. The summed E-state index contributed by atoms with van der Waals surface area (Å²) >= 11 is 0. The highest BCUT2D eigenvalue weighted by Gasteiger charge is 2.22. The van der Waals surface area contributed by atoms with Gasteiger partial charge >= 0.3 is 12.1 Å². The summed E-state index contributed by atoms with van der Waals surface area (Å²) in [5.41, 5.74) is 1.42. The number of benzene rings is 1. The van der Waals surface area contributed by atoms with Gasteiger partial charge < -0.3 is 20.7 Å². The molecule has 1 aromatic rings. The Hall–Kier alpha value is -2.28. The topological polar surface area (TPSA) is 82.7 Å². The fourth-order valence-electron chi connectivity index (χ4n) is 3.55. The summed E-state index contributed by atoms with van der Waals surface area (Å²) in [6.07, 6.45) is 5.18. The third kappa shape index (κ3) is 4.88. The van der Waals surface area contributed by atoms with Crippen LogP contribution in [0.15, 0.2) is 24.3 Å². The number of carbonyl (C=O) groups excluding carboxylic acids is 2. The molecule has 1 saturated heterocycles. The van der Waals surface area contributed by atoms with Gasteiger partial charge in [-0.15, -0.1) is 0 Å². The molecule has 2 atom stereocenters. The van der Waals surface area contributed by atoms with Crippen LogP contribution in [0.1, 0.15) is 32.6 Å². The highest BCUT2D eigenvalue weighted by molar-refractivity contribution is 5.95. The second-order valence-corrected chi connectivity index (χ2v) is 6.99. The van der Waals surface area contributed by atoms with E-state index < -0.39 is 0 Å². The van der Waals surface area contributed by atoms with Crippen LogP contribution in [0.2, 0.25) is 0 Å². The number of nitrogens with one attached hydrogen (secondary N) is 3. The molecule has 0 radical (unpaired) electrons. The van der Waals surface area contributed by atoms with Crippen LogP contribution in [0.25, 0.3) is 0 Å². The lowest BCUT2D eigenvalue weighted by Crippen LogP contribution is -2.34. The number of anilines is 2. The number of nitrogens with zero attached hydrogens (tertiary/aromatic N) is 1. The second-order valence-electron chi connectivity index (χ2n) is 6.99. The van der Waals surface area contributed by atoms with E-state index >= 15 is 0 Å². The van der Waals surface area contributed by atoms with Crippen molar-refractivity contribution in [3.05, 3.63) is 24.3 Å². The van der Waals surface area contributed by atoms with Crippen molar-refractivity contribution in [3.63, 3.8) is 0 Å². The molecule has 142 valence electrons. The Morgan fingerprint density at radius 1 is 1.35 bits per heavy atom. The van der Waals surface area contributed by atoms with Crippen LogP contribution in [-0.4, -0.2) is 44.4 Å². The molecule has 1 saturated carbocycles. The lowest BCUT2D eigenvalue weighted by molar-refractivity contribution is -0.00232. The molecule has 1 aromatic carbocycles. The molecule has 3 N–H and O–H groups in total. The van der Waals surface area contributed by atoms with Crippen LogP contribution in [-0.2, 0) is 4.74 Å². The molecule has 1 aliphatic heterocycles. The van der Waals surface area contributed by atoms with Crippen molar-refractivity contribution in [2.24, 2.45) is 5.92 Å². The van der Waals surface area contributed by atoms with Crippen LogP contribution in [0.3, 0.4) is 0 Å². The minimum absolute atomic E-state index is 0.110. The van der Waals surface area contributed by atoms with Gasteiger partial charge in [-0.1, -0.05) is 25.8 Å². The van der Waals surface area contributed by atoms with Gasteiger partial charge in [0, 0.05) is 31.0 Å². The van der Waals surface area contributed by atoms with Gasteiger partial charge in [0.05, 0.1) is 12.7 Å².